The molecule has 0 aromatic rings. The summed E-state index contributed by atoms with van der Waals surface area (Å²) in [6.45, 7) is 5.12. The van der Waals surface area contributed by atoms with E-state index < -0.39 is 0 Å². The van der Waals surface area contributed by atoms with Crippen molar-refractivity contribution < 1.29 is 4.79 Å². The minimum absolute atomic E-state index is 0.417. The normalized spacial score (nSPS) is 57.7. The molecule has 0 amide bonds. The number of carbonyl (C=O) groups is 1. The second-order valence-corrected chi connectivity index (χ2v) is 9.13. The fourth-order valence-corrected chi connectivity index (χ4v) is 7.27. The first-order valence-electron chi connectivity index (χ1n) is 9.34. The number of carbonyl (C=O) groups excluding carboxylic acids is 1. The molecule has 5 unspecified atom stereocenters. The van der Waals surface area contributed by atoms with Crippen LogP contribution in [0.25, 0.3) is 0 Å². The molecule has 5 aliphatic rings. The van der Waals surface area contributed by atoms with Crippen LogP contribution in [0.15, 0.2) is 11.6 Å². The van der Waals surface area contributed by atoms with E-state index in [4.69, 9.17) is 0 Å². The lowest BCUT2D eigenvalue weighted by atomic mass is 9.51. The van der Waals surface area contributed by atoms with Crippen LogP contribution in [0.5, 0.6) is 0 Å². The molecule has 1 nitrogen and oxygen atoms in total. The molecule has 0 N–H and O–H groups in total. The largest absolute Gasteiger partial charge is 0.295 e. The Morgan fingerprint density at radius 1 is 1.10 bits per heavy atom. The van der Waals surface area contributed by atoms with Crippen LogP contribution in [0, 0.1) is 46.8 Å². The molecule has 1 heteroatoms. The molecule has 0 bridgehead atoms. The molecule has 4 fully saturated rings. The van der Waals surface area contributed by atoms with Gasteiger partial charge in [0, 0.05) is 6.42 Å². The number of ketones is 1. The molecule has 21 heavy (non-hydrogen) atoms. The summed E-state index contributed by atoms with van der Waals surface area (Å²) in [7, 11) is 0. The third kappa shape index (κ3) is 1.56. The molecule has 0 spiro atoms. The highest BCUT2D eigenvalue weighted by Crippen LogP contribution is 2.71. The number of allylic oxidation sites excluding steroid dienone is 1. The van der Waals surface area contributed by atoms with Crippen LogP contribution >= 0.6 is 0 Å². The van der Waals surface area contributed by atoms with Gasteiger partial charge < -0.3 is 0 Å². The average molecular weight is 284 g/mol. The second kappa shape index (κ2) is 4.03. The van der Waals surface area contributed by atoms with Crippen LogP contribution in [0.3, 0.4) is 0 Å². The monoisotopic (exact) mass is 284 g/mol. The smallest absolute Gasteiger partial charge is 0.155 e. The topological polar surface area (TPSA) is 17.1 Å². The summed E-state index contributed by atoms with van der Waals surface area (Å²) in [5.41, 5.74) is 2.24. The SMILES string of the molecule is C[C@@H]1CCC2C3C4CC4C4=CC(=O)CC[C@@H]4C3CC[C@@]21C. The van der Waals surface area contributed by atoms with Gasteiger partial charge in [0.2, 0.25) is 0 Å². The number of hydrogen-bond donors (Lipinski definition) is 0. The maximum Gasteiger partial charge on any atom is 0.155 e. The third-order valence-electron chi connectivity index (χ3n) is 8.60. The fraction of sp³-hybridized carbons (Fsp3) is 0.850. The highest BCUT2D eigenvalue weighted by Gasteiger charge is 2.63. The van der Waals surface area contributed by atoms with E-state index in [0.29, 0.717) is 11.2 Å². The summed E-state index contributed by atoms with van der Waals surface area (Å²) in [5.74, 6) is 6.85. The van der Waals surface area contributed by atoms with Gasteiger partial charge in [-0.3, -0.25) is 4.79 Å². The van der Waals surface area contributed by atoms with Gasteiger partial charge >= 0.3 is 0 Å². The van der Waals surface area contributed by atoms with Crippen molar-refractivity contribution in [3.8, 4) is 0 Å². The third-order valence-corrected chi connectivity index (χ3v) is 8.60. The first kappa shape index (κ1) is 12.9. The van der Waals surface area contributed by atoms with Gasteiger partial charge in [0.1, 0.15) is 0 Å². The molecule has 114 valence electrons. The average Bonchev–Trinajstić information content (AvgIpc) is 3.20. The van der Waals surface area contributed by atoms with Gasteiger partial charge in [-0.15, -0.1) is 0 Å². The summed E-state index contributed by atoms with van der Waals surface area (Å²) in [6.07, 6.45) is 11.4. The number of fused-ring (bicyclic) bond motifs is 8. The van der Waals surface area contributed by atoms with Crippen LogP contribution in [0.2, 0.25) is 0 Å². The van der Waals surface area contributed by atoms with Crippen molar-refractivity contribution in [3.05, 3.63) is 11.6 Å². The van der Waals surface area contributed by atoms with E-state index in [1.807, 2.05) is 0 Å². The molecule has 0 radical (unpaired) electrons. The molecule has 0 aromatic heterocycles. The van der Waals surface area contributed by atoms with Crippen molar-refractivity contribution in [3.63, 3.8) is 0 Å². The predicted molar refractivity (Wildman–Crippen MR) is 83.6 cm³/mol. The zero-order valence-electron chi connectivity index (χ0n) is 13.5. The molecule has 5 rings (SSSR count). The van der Waals surface area contributed by atoms with Crippen molar-refractivity contribution in [2.45, 2.75) is 58.8 Å². The quantitative estimate of drug-likeness (QED) is 0.634. The molecule has 5 aliphatic carbocycles. The minimum Gasteiger partial charge on any atom is -0.295 e. The standard InChI is InChI=1S/C20H28O/c1-11-3-6-18-19-14(7-8-20(11,18)2)13-5-4-12(21)9-15(13)16-10-17(16)19/h9,11,13-14,16-19H,3-8,10H2,1-2H3/t11-,13-,14?,16?,17?,18?,19?,20-/m1/s1. The van der Waals surface area contributed by atoms with Gasteiger partial charge in [-0.05, 0) is 91.4 Å². The Balaban J connectivity index is 1.53. The Morgan fingerprint density at radius 3 is 2.81 bits per heavy atom. The lowest BCUT2D eigenvalue weighted by Gasteiger charge is -2.53. The first-order valence-corrected chi connectivity index (χ1v) is 9.34. The molecular weight excluding hydrogens is 256 g/mol. The van der Waals surface area contributed by atoms with E-state index in [2.05, 4.69) is 19.9 Å². The van der Waals surface area contributed by atoms with Crippen LogP contribution in [-0.4, -0.2) is 5.78 Å². The lowest BCUT2D eigenvalue weighted by molar-refractivity contribution is -0.116. The van der Waals surface area contributed by atoms with Crippen LogP contribution in [-0.2, 0) is 4.79 Å². The van der Waals surface area contributed by atoms with Gasteiger partial charge in [-0.2, -0.15) is 0 Å². The van der Waals surface area contributed by atoms with Crippen molar-refractivity contribution >= 4 is 5.78 Å². The molecule has 0 aliphatic heterocycles. The highest BCUT2D eigenvalue weighted by molar-refractivity contribution is 5.91. The summed E-state index contributed by atoms with van der Waals surface area (Å²) < 4.78 is 0. The molecule has 0 heterocycles. The van der Waals surface area contributed by atoms with E-state index in [9.17, 15) is 4.79 Å². The van der Waals surface area contributed by atoms with Crippen molar-refractivity contribution in [2.75, 3.05) is 0 Å². The first-order chi connectivity index (χ1) is 10.1. The van der Waals surface area contributed by atoms with Crippen molar-refractivity contribution in [1.82, 2.24) is 0 Å². The molecule has 0 saturated heterocycles. The zero-order valence-corrected chi connectivity index (χ0v) is 13.5. The van der Waals surface area contributed by atoms with Crippen LogP contribution in [0.1, 0.15) is 58.8 Å². The number of rotatable bonds is 0. The Bertz CT molecular complexity index is 532. The van der Waals surface area contributed by atoms with Gasteiger partial charge in [0.15, 0.2) is 5.78 Å². The predicted octanol–water partition coefficient (Wildman–Crippen LogP) is 4.62. The van der Waals surface area contributed by atoms with E-state index >= 15 is 0 Å². The summed E-state index contributed by atoms with van der Waals surface area (Å²) in [4.78, 5) is 11.8. The van der Waals surface area contributed by atoms with E-state index in [0.717, 1.165) is 47.8 Å². The second-order valence-electron chi connectivity index (χ2n) is 9.13. The van der Waals surface area contributed by atoms with Gasteiger partial charge in [-0.25, -0.2) is 0 Å². The van der Waals surface area contributed by atoms with E-state index in [-0.39, 0.29) is 0 Å². The molecule has 8 atom stereocenters. The lowest BCUT2D eigenvalue weighted by Crippen LogP contribution is -2.47. The molecule has 0 aromatic carbocycles. The van der Waals surface area contributed by atoms with Crippen LogP contribution < -0.4 is 0 Å². The van der Waals surface area contributed by atoms with E-state index in [1.54, 1.807) is 5.57 Å². The maximum atomic E-state index is 11.8. The van der Waals surface area contributed by atoms with Gasteiger partial charge in [-0.1, -0.05) is 19.4 Å². The minimum atomic E-state index is 0.417. The molecule has 4 saturated carbocycles. The van der Waals surface area contributed by atoms with E-state index in [1.165, 1.54) is 38.5 Å². The van der Waals surface area contributed by atoms with Gasteiger partial charge in [0.05, 0.1) is 0 Å². The highest BCUT2D eigenvalue weighted by atomic mass is 16.1. The fourth-order valence-electron chi connectivity index (χ4n) is 7.27. The zero-order chi connectivity index (χ0) is 14.4. The summed E-state index contributed by atoms with van der Waals surface area (Å²) in [6, 6.07) is 0. The Labute approximate surface area is 128 Å². The molecular formula is C20H28O. The number of hydrogen-bond acceptors (Lipinski definition) is 1. The Kier molecular flexibility index (Phi) is 2.48. The summed E-state index contributed by atoms with van der Waals surface area (Å²) in [5, 5.41) is 0. The van der Waals surface area contributed by atoms with Gasteiger partial charge in [0.25, 0.3) is 0 Å². The Morgan fingerprint density at radius 2 is 1.95 bits per heavy atom. The Hall–Kier alpha value is -0.590. The summed E-state index contributed by atoms with van der Waals surface area (Å²) >= 11 is 0. The van der Waals surface area contributed by atoms with Crippen molar-refractivity contribution in [1.29, 1.82) is 0 Å². The van der Waals surface area contributed by atoms with Crippen molar-refractivity contribution in [2.24, 2.45) is 46.8 Å². The maximum absolute atomic E-state index is 11.8. The van der Waals surface area contributed by atoms with Crippen LogP contribution in [0.4, 0.5) is 0 Å².